The quantitative estimate of drug-likeness (QED) is 0.694. The first kappa shape index (κ1) is 20.9. The van der Waals surface area contributed by atoms with E-state index in [1.54, 1.807) is 19.3 Å². The van der Waals surface area contributed by atoms with E-state index in [1.807, 2.05) is 59.5 Å². The summed E-state index contributed by atoms with van der Waals surface area (Å²) in [4.78, 5) is 16.5. The molecule has 154 valence electrons. The van der Waals surface area contributed by atoms with E-state index in [4.69, 9.17) is 9.47 Å². The summed E-state index contributed by atoms with van der Waals surface area (Å²) >= 11 is 0. The van der Waals surface area contributed by atoms with Gasteiger partial charge in [-0.1, -0.05) is 36.4 Å². The Morgan fingerprint density at radius 3 is 2.48 bits per heavy atom. The maximum Gasteiger partial charge on any atom is 0.246 e. The number of aliphatic hydroxyl groups is 1. The maximum atomic E-state index is 12.5. The number of nitrogens with zero attached hydrogens (tertiary/aromatic N) is 2. The summed E-state index contributed by atoms with van der Waals surface area (Å²) in [6.07, 6.45) is 2.82. The van der Waals surface area contributed by atoms with E-state index < -0.39 is 6.10 Å². The van der Waals surface area contributed by atoms with E-state index in [0.717, 1.165) is 30.2 Å². The molecule has 0 bridgehead atoms. The molecule has 1 amide bonds. The van der Waals surface area contributed by atoms with Crippen molar-refractivity contribution in [3.8, 4) is 11.5 Å². The minimum Gasteiger partial charge on any atom is -0.496 e. The highest BCUT2D eigenvalue weighted by Gasteiger charge is 2.21. The number of aliphatic hydroxyl groups excluding tert-OH is 1. The molecule has 1 N–H and O–H groups in total. The lowest BCUT2D eigenvalue weighted by Gasteiger charge is -2.35. The topological polar surface area (TPSA) is 62.2 Å². The van der Waals surface area contributed by atoms with Gasteiger partial charge in [-0.05, 0) is 24.3 Å². The average Bonchev–Trinajstić information content (AvgIpc) is 2.77. The molecule has 3 rings (SSSR count). The zero-order valence-corrected chi connectivity index (χ0v) is 16.7. The van der Waals surface area contributed by atoms with Gasteiger partial charge in [0.2, 0.25) is 5.91 Å². The summed E-state index contributed by atoms with van der Waals surface area (Å²) in [6, 6.07) is 17.1. The second kappa shape index (κ2) is 10.6. The molecule has 0 saturated carbocycles. The molecule has 0 spiro atoms. The standard InChI is InChI=1S/C23H28N2O4/c1-28-22-10-6-5-7-19(22)11-12-23(27)25-15-13-24(14-16-25)17-20(26)18-29-21-8-3-2-4-9-21/h2-12,20,26H,13-18H2,1H3/b12-11+/t20-/m1/s1. The molecule has 6 heteroatoms. The van der Waals surface area contributed by atoms with Gasteiger partial charge in [0.15, 0.2) is 0 Å². The van der Waals surface area contributed by atoms with Crippen LogP contribution in [0.5, 0.6) is 11.5 Å². The Hall–Kier alpha value is -2.83. The fourth-order valence-electron chi connectivity index (χ4n) is 3.28. The zero-order chi connectivity index (χ0) is 20.5. The van der Waals surface area contributed by atoms with Crippen molar-refractivity contribution in [2.45, 2.75) is 6.10 Å². The molecule has 0 aliphatic carbocycles. The van der Waals surface area contributed by atoms with Gasteiger partial charge in [0.25, 0.3) is 0 Å². The number of para-hydroxylation sites is 2. The SMILES string of the molecule is COc1ccccc1/C=C/C(=O)N1CCN(C[C@@H](O)COc2ccccc2)CC1. The Kier molecular flexibility index (Phi) is 7.67. The van der Waals surface area contributed by atoms with Crippen molar-refractivity contribution in [2.24, 2.45) is 0 Å². The Balaban J connectivity index is 1.41. The van der Waals surface area contributed by atoms with E-state index in [-0.39, 0.29) is 12.5 Å². The van der Waals surface area contributed by atoms with Crippen LogP contribution in [-0.2, 0) is 4.79 Å². The number of β-amino-alcohol motifs (C(OH)–C–C–N with tert-alkyl or cyclic N) is 1. The highest BCUT2D eigenvalue weighted by molar-refractivity contribution is 5.92. The number of methoxy groups -OCH3 is 1. The molecule has 1 heterocycles. The third-order valence-corrected chi connectivity index (χ3v) is 4.88. The molecule has 6 nitrogen and oxygen atoms in total. The van der Waals surface area contributed by atoms with Gasteiger partial charge < -0.3 is 19.5 Å². The zero-order valence-electron chi connectivity index (χ0n) is 16.7. The van der Waals surface area contributed by atoms with E-state index in [2.05, 4.69) is 4.90 Å². The van der Waals surface area contributed by atoms with E-state index >= 15 is 0 Å². The van der Waals surface area contributed by atoms with E-state index in [9.17, 15) is 9.90 Å². The highest BCUT2D eigenvalue weighted by Crippen LogP contribution is 2.19. The van der Waals surface area contributed by atoms with Crippen LogP contribution in [0.4, 0.5) is 0 Å². The van der Waals surface area contributed by atoms with Crippen molar-refractivity contribution < 1.29 is 19.4 Å². The number of piperazine rings is 1. The first-order valence-electron chi connectivity index (χ1n) is 9.84. The maximum absolute atomic E-state index is 12.5. The second-order valence-corrected chi connectivity index (χ2v) is 6.98. The highest BCUT2D eigenvalue weighted by atomic mass is 16.5. The normalized spacial score (nSPS) is 16.0. The summed E-state index contributed by atoms with van der Waals surface area (Å²) in [7, 11) is 1.62. The largest absolute Gasteiger partial charge is 0.496 e. The Bertz CT molecular complexity index is 802. The fraction of sp³-hybridized carbons (Fsp3) is 0.348. The summed E-state index contributed by atoms with van der Waals surface area (Å²) in [5.41, 5.74) is 0.878. The first-order valence-corrected chi connectivity index (χ1v) is 9.84. The van der Waals surface area contributed by atoms with Crippen molar-refractivity contribution in [2.75, 3.05) is 46.4 Å². The van der Waals surface area contributed by atoms with Crippen LogP contribution in [0, 0.1) is 0 Å². The van der Waals surface area contributed by atoms with Crippen LogP contribution in [0.2, 0.25) is 0 Å². The van der Waals surface area contributed by atoms with Crippen LogP contribution in [-0.4, -0.2) is 73.4 Å². The number of rotatable bonds is 8. The van der Waals surface area contributed by atoms with Gasteiger partial charge in [0, 0.05) is 44.4 Å². The minimum atomic E-state index is -0.567. The van der Waals surface area contributed by atoms with Crippen molar-refractivity contribution in [3.63, 3.8) is 0 Å². The van der Waals surface area contributed by atoms with Crippen molar-refractivity contribution in [1.29, 1.82) is 0 Å². The molecule has 1 aliphatic rings. The first-order chi connectivity index (χ1) is 14.2. The van der Waals surface area contributed by atoms with E-state index in [0.29, 0.717) is 19.6 Å². The lowest BCUT2D eigenvalue weighted by atomic mass is 10.2. The van der Waals surface area contributed by atoms with Gasteiger partial charge in [0.05, 0.1) is 7.11 Å². The van der Waals surface area contributed by atoms with Gasteiger partial charge in [-0.3, -0.25) is 9.69 Å². The Morgan fingerprint density at radius 1 is 1.07 bits per heavy atom. The second-order valence-electron chi connectivity index (χ2n) is 6.98. The number of amides is 1. The predicted molar refractivity (Wildman–Crippen MR) is 113 cm³/mol. The number of carbonyl (C=O) groups excluding carboxylic acids is 1. The molecule has 0 radical (unpaired) electrons. The molecule has 0 unspecified atom stereocenters. The van der Waals surface area contributed by atoms with Crippen LogP contribution >= 0.6 is 0 Å². The van der Waals surface area contributed by atoms with Crippen LogP contribution < -0.4 is 9.47 Å². The van der Waals surface area contributed by atoms with Crippen LogP contribution in [0.1, 0.15) is 5.56 Å². The molecular formula is C23H28N2O4. The third-order valence-electron chi connectivity index (χ3n) is 4.88. The predicted octanol–water partition coefficient (Wildman–Crippen LogP) is 2.29. The smallest absolute Gasteiger partial charge is 0.246 e. The monoisotopic (exact) mass is 396 g/mol. The molecule has 1 atom stereocenters. The van der Waals surface area contributed by atoms with Crippen molar-refractivity contribution in [3.05, 3.63) is 66.2 Å². The molecule has 1 fully saturated rings. The van der Waals surface area contributed by atoms with Gasteiger partial charge in [-0.2, -0.15) is 0 Å². The van der Waals surface area contributed by atoms with Gasteiger partial charge in [-0.25, -0.2) is 0 Å². The summed E-state index contributed by atoms with van der Waals surface area (Å²) in [5, 5.41) is 10.2. The molecule has 0 aromatic heterocycles. The van der Waals surface area contributed by atoms with Crippen molar-refractivity contribution >= 4 is 12.0 Å². The van der Waals surface area contributed by atoms with Crippen LogP contribution in [0.3, 0.4) is 0 Å². The number of ether oxygens (including phenoxy) is 2. The average molecular weight is 396 g/mol. The molecule has 1 saturated heterocycles. The number of hydrogen-bond acceptors (Lipinski definition) is 5. The van der Waals surface area contributed by atoms with Crippen molar-refractivity contribution in [1.82, 2.24) is 9.80 Å². The third kappa shape index (κ3) is 6.34. The Labute approximate surface area is 172 Å². The fourth-order valence-corrected chi connectivity index (χ4v) is 3.28. The lowest BCUT2D eigenvalue weighted by Crippen LogP contribution is -2.50. The lowest BCUT2D eigenvalue weighted by molar-refractivity contribution is -0.127. The van der Waals surface area contributed by atoms with Crippen LogP contribution in [0.25, 0.3) is 6.08 Å². The minimum absolute atomic E-state index is 0.0106. The van der Waals surface area contributed by atoms with Crippen LogP contribution in [0.15, 0.2) is 60.7 Å². The molecule has 2 aromatic rings. The summed E-state index contributed by atoms with van der Waals surface area (Å²) in [5.74, 6) is 1.49. The number of carbonyl (C=O) groups is 1. The summed E-state index contributed by atoms with van der Waals surface area (Å²) in [6.45, 7) is 3.53. The molecular weight excluding hydrogens is 368 g/mol. The molecule has 29 heavy (non-hydrogen) atoms. The molecule has 2 aromatic carbocycles. The van der Waals surface area contributed by atoms with Gasteiger partial charge >= 0.3 is 0 Å². The van der Waals surface area contributed by atoms with E-state index in [1.165, 1.54) is 0 Å². The Morgan fingerprint density at radius 2 is 1.76 bits per heavy atom. The summed E-state index contributed by atoms with van der Waals surface area (Å²) < 4.78 is 10.9. The number of hydrogen-bond donors (Lipinski definition) is 1. The van der Waals surface area contributed by atoms with Gasteiger partial charge in [-0.15, -0.1) is 0 Å². The number of benzene rings is 2. The molecule has 1 aliphatic heterocycles. The van der Waals surface area contributed by atoms with Gasteiger partial charge in [0.1, 0.15) is 24.2 Å².